The maximum Gasteiger partial charge on any atom is 0.257 e. The lowest BCUT2D eigenvalue weighted by Gasteiger charge is -2.17. The van der Waals surface area contributed by atoms with Gasteiger partial charge in [0.1, 0.15) is 5.75 Å². The molecular weight excluding hydrogens is 409 g/mol. The molecule has 29 heavy (non-hydrogen) atoms. The highest BCUT2D eigenvalue weighted by atomic mass is 35.5. The molecule has 1 N–H and O–H groups in total. The molecule has 1 amide bonds. The maximum absolute atomic E-state index is 12.7. The summed E-state index contributed by atoms with van der Waals surface area (Å²) < 4.78 is 5.90. The predicted molar refractivity (Wildman–Crippen MR) is 116 cm³/mol. The second kappa shape index (κ2) is 9.59. The van der Waals surface area contributed by atoms with Crippen molar-refractivity contribution in [3.8, 4) is 5.75 Å². The van der Waals surface area contributed by atoms with Crippen LogP contribution in [0.3, 0.4) is 0 Å². The molecule has 6 heteroatoms. The molecule has 0 aliphatic heterocycles. The van der Waals surface area contributed by atoms with Crippen LogP contribution in [0, 0.1) is 0 Å². The van der Waals surface area contributed by atoms with Crippen molar-refractivity contribution in [1.29, 1.82) is 0 Å². The fourth-order valence-corrected chi connectivity index (χ4v) is 3.29. The normalized spacial score (nSPS) is 11.6. The molecule has 0 aliphatic carbocycles. The number of rotatable bonds is 7. The molecule has 3 aromatic carbocycles. The van der Waals surface area contributed by atoms with Crippen LogP contribution >= 0.6 is 23.2 Å². The van der Waals surface area contributed by atoms with E-state index in [1.807, 2.05) is 25.1 Å². The first-order chi connectivity index (χ1) is 14.0. The second-order valence-electron chi connectivity index (χ2n) is 6.35. The number of ketones is 1. The molecule has 0 aliphatic rings. The average molecular weight is 428 g/mol. The van der Waals surface area contributed by atoms with Gasteiger partial charge in [-0.1, -0.05) is 66.5 Å². The van der Waals surface area contributed by atoms with Crippen LogP contribution in [0.1, 0.15) is 34.1 Å². The average Bonchev–Trinajstić information content (AvgIpc) is 2.72. The molecule has 0 radical (unpaired) electrons. The van der Waals surface area contributed by atoms with E-state index in [-0.39, 0.29) is 16.7 Å². The van der Waals surface area contributed by atoms with Gasteiger partial charge in [-0.05, 0) is 36.8 Å². The van der Waals surface area contributed by atoms with Gasteiger partial charge in [0.05, 0.1) is 10.6 Å². The number of halogens is 2. The Labute approximate surface area is 179 Å². The van der Waals surface area contributed by atoms with Crippen LogP contribution in [-0.2, 0) is 0 Å². The van der Waals surface area contributed by atoms with Crippen LogP contribution in [0.2, 0.25) is 10.0 Å². The highest BCUT2D eigenvalue weighted by Crippen LogP contribution is 2.24. The van der Waals surface area contributed by atoms with Crippen LogP contribution in [0.5, 0.6) is 5.75 Å². The smallest absolute Gasteiger partial charge is 0.257 e. The van der Waals surface area contributed by atoms with Gasteiger partial charge in [-0.3, -0.25) is 9.59 Å². The van der Waals surface area contributed by atoms with Gasteiger partial charge in [0.2, 0.25) is 5.78 Å². The zero-order valence-electron chi connectivity index (χ0n) is 15.7. The largest absolute Gasteiger partial charge is 0.482 e. The van der Waals surface area contributed by atoms with E-state index >= 15 is 0 Å². The highest BCUT2D eigenvalue weighted by Gasteiger charge is 2.20. The Bertz CT molecular complexity index is 1020. The summed E-state index contributed by atoms with van der Waals surface area (Å²) in [4.78, 5) is 25.2. The van der Waals surface area contributed by atoms with Gasteiger partial charge < -0.3 is 10.1 Å². The molecule has 0 spiro atoms. The first-order valence-electron chi connectivity index (χ1n) is 9.10. The Morgan fingerprint density at radius 3 is 2.41 bits per heavy atom. The summed E-state index contributed by atoms with van der Waals surface area (Å²) in [5.41, 5.74) is 1.44. The van der Waals surface area contributed by atoms with Crippen LogP contribution in [-0.4, -0.2) is 17.8 Å². The SMILES string of the molecule is CCC(Oc1cccc(NC(=O)c2ccc(Cl)cc2Cl)c1)C(=O)c1ccccc1. The molecule has 1 atom stereocenters. The summed E-state index contributed by atoms with van der Waals surface area (Å²) >= 11 is 12.0. The number of hydrogen-bond acceptors (Lipinski definition) is 3. The quantitative estimate of drug-likeness (QED) is 0.450. The van der Waals surface area contributed by atoms with E-state index in [1.165, 1.54) is 6.07 Å². The zero-order chi connectivity index (χ0) is 20.8. The number of Topliss-reactive ketones (excluding diaryl/α,β-unsaturated/α-hetero) is 1. The number of amides is 1. The lowest BCUT2D eigenvalue weighted by Crippen LogP contribution is -2.26. The Balaban J connectivity index is 1.73. The summed E-state index contributed by atoms with van der Waals surface area (Å²) in [5.74, 6) is 0.0350. The molecule has 148 valence electrons. The Morgan fingerprint density at radius 2 is 1.72 bits per heavy atom. The van der Waals surface area contributed by atoms with Crippen molar-refractivity contribution in [1.82, 2.24) is 0 Å². The summed E-state index contributed by atoms with van der Waals surface area (Å²) in [5, 5.41) is 3.50. The standard InChI is InChI=1S/C23H19Cl2NO3/c1-2-21(22(27)15-7-4-3-5-8-15)29-18-10-6-9-17(14-18)26-23(28)19-12-11-16(24)13-20(19)25/h3-14,21H,2H2,1H3,(H,26,28). The second-order valence-corrected chi connectivity index (χ2v) is 7.19. The molecule has 0 saturated heterocycles. The van der Waals surface area contributed by atoms with E-state index in [0.717, 1.165) is 0 Å². The molecule has 0 saturated carbocycles. The minimum absolute atomic E-state index is 0.0875. The van der Waals surface area contributed by atoms with Crippen molar-refractivity contribution < 1.29 is 14.3 Å². The Kier molecular flexibility index (Phi) is 6.91. The third-order valence-electron chi connectivity index (χ3n) is 4.27. The third kappa shape index (κ3) is 5.37. The third-order valence-corrected chi connectivity index (χ3v) is 4.82. The molecule has 0 fully saturated rings. The maximum atomic E-state index is 12.7. The monoisotopic (exact) mass is 427 g/mol. The van der Waals surface area contributed by atoms with Crippen molar-refractivity contribution in [2.24, 2.45) is 0 Å². The Hall–Kier alpha value is -2.82. The van der Waals surface area contributed by atoms with Gasteiger partial charge in [0.15, 0.2) is 6.10 Å². The van der Waals surface area contributed by atoms with Crippen LogP contribution < -0.4 is 10.1 Å². The number of benzene rings is 3. The lowest BCUT2D eigenvalue weighted by atomic mass is 10.0. The summed E-state index contributed by atoms with van der Waals surface area (Å²) in [6.45, 7) is 1.89. The molecule has 3 rings (SSSR count). The van der Waals surface area contributed by atoms with Crippen LogP contribution in [0.15, 0.2) is 72.8 Å². The lowest BCUT2D eigenvalue weighted by molar-refractivity contribution is 0.0786. The van der Waals surface area contributed by atoms with E-state index in [9.17, 15) is 9.59 Å². The van der Waals surface area contributed by atoms with E-state index < -0.39 is 6.10 Å². The van der Waals surface area contributed by atoms with Crippen molar-refractivity contribution in [3.05, 3.63) is 94.0 Å². The molecule has 1 unspecified atom stereocenters. The van der Waals surface area contributed by atoms with Crippen molar-refractivity contribution in [2.45, 2.75) is 19.4 Å². The van der Waals surface area contributed by atoms with E-state index in [0.29, 0.717) is 34.0 Å². The number of ether oxygens (including phenoxy) is 1. The number of nitrogens with one attached hydrogen (secondary N) is 1. The molecule has 0 aromatic heterocycles. The van der Waals surface area contributed by atoms with Gasteiger partial charge >= 0.3 is 0 Å². The van der Waals surface area contributed by atoms with Crippen molar-refractivity contribution in [3.63, 3.8) is 0 Å². The fourth-order valence-electron chi connectivity index (χ4n) is 2.79. The number of anilines is 1. The summed E-state index contributed by atoms with van der Waals surface area (Å²) in [6, 6.07) is 20.6. The number of carbonyl (C=O) groups is 2. The van der Waals surface area contributed by atoms with Gasteiger partial charge in [-0.2, -0.15) is 0 Å². The van der Waals surface area contributed by atoms with E-state index in [4.69, 9.17) is 27.9 Å². The number of carbonyl (C=O) groups excluding carboxylic acids is 2. The highest BCUT2D eigenvalue weighted by molar-refractivity contribution is 6.37. The minimum atomic E-state index is -0.617. The van der Waals surface area contributed by atoms with Crippen LogP contribution in [0.4, 0.5) is 5.69 Å². The molecular formula is C23H19Cl2NO3. The number of hydrogen-bond donors (Lipinski definition) is 1. The molecule has 4 nitrogen and oxygen atoms in total. The minimum Gasteiger partial charge on any atom is -0.482 e. The molecule has 3 aromatic rings. The molecule has 0 heterocycles. The summed E-state index contributed by atoms with van der Waals surface area (Å²) in [7, 11) is 0. The predicted octanol–water partition coefficient (Wildman–Crippen LogP) is 6.29. The van der Waals surface area contributed by atoms with Crippen molar-refractivity contribution >= 4 is 40.6 Å². The fraction of sp³-hybridized carbons (Fsp3) is 0.130. The zero-order valence-corrected chi connectivity index (χ0v) is 17.2. The van der Waals surface area contributed by atoms with Gasteiger partial charge in [0, 0.05) is 22.3 Å². The Morgan fingerprint density at radius 1 is 0.966 bits per heavy atom. The van der Waals surface area contributed by atoms with Gasteiger partial charge in [-0.25, -0.2) is 0 Å². The van der Waals surface area contributed by atoms with Gasteiger partial charge in [0.25, 0.3) is 5.91 Å². The van der Waals surface area contributed by atoms with E-state index in [1.54, 1.807) is 48.5 Å². The van der Waals surface area contributed by atoms with E-state index in [2.05, 4.69) is 5.32 Å². The summed E-state index contributed by atoms with van der Waals surface area (Å²) in [6.07, 6.45) is -0.0981. The van der Waals surface area contributed by atoms with Crippen molar-refractivity contribution in [2.75, 3.05) is 5.32 Å². The first-order valence-corrected chi connectivity index (χ1v) is 9.86. The first kappa shape index (κ1) is 20.9. The van der Waals surface area contributed by atoms with Crippen LogP contribution in [0.25, 0.3) is 0 Å². The van der Waals surface area contributed by atoms with Gasteiger partial charge in [-0.15, -0.1) is 0 Å². The topological polar surface area (TPSA) is 55.4 Å². The molecule has 0 bridgehead atoms.